The van der Waals surface area contributed by atoms with E-state index in [1.165, 1.54) is 44.9 Å². The van der Waals surface area contributed by atoms with Crippen LogP contribution in [0.15, 0.2) is 36.4 Å². The number of unbranched alkanes of at least 4 members (excludes halogenated alkanes) is 5. The SMILES string of the molecule is CCCCCCCCOC(=O)C[N+]1(C/C=C/Cc2ccccc2Cl)CCCCC1. The first-order chi connectivity index (χ1) is 14.2. The van der Waals surface area contributed by atoms with Gasteiger partial charge in [0.05, 0.1) is 26.2 Å². The summed E-state index contributed by atoms with van der Waals surface area (Å²) in [6.07, 6.45) is 16.2. The Bertz CT molecular complexity index is 623. The van der Waals surface area contributed by atoms with Gasteiger partial charge in [-0.25, -0.2) is 4.79 Å². The lowest BCUT2D eigenvalue weighted by Crippen LogP contribution is -2.54. The van der Waals surface area contributed by atoms with Gasteiger partial charge < -0.3 is 9.22 Å². The molecule has 1 aliphatic heterocycles. The van der Waals surface area contributed by atoms with E-state index < -0.39 is 0 Å². The largest absolute Gasteiger partial charge is 0.462 e. The molecule has 1 aromatic rings. The number of hydrogen-bond donors (Lipinski definition) is 0. The zero-order chi connectivity index (χ0) is 20.8. The molecule has 0 bridgehead atoms. The molecule has 0 unspecified atom stereocenters. The molecule has 2 rings (SSSR count). The molecule has 29 heavy (non-hydrogen) atoms. The van der Waals surface area contributed by atoms with Crippen LogP contribution in [0.25, 0.3) is 0 Å². The summed E-state index contributed by atoms with van der Waals surface area (Å²) in [7, 11) is 0. The highest BCUT2D eigenvalue weighted by molar-refractivity contribution is 6.31. The van der Waals surface area contributed by atoms with Crippen LogP contribution in [0.5, 0.6) is 0 Å². The molecule has 3 nitrogen and oxygen atoms in total. The molecular formula is C25H39ClNO2+. The number of halogens is 1. The van der Waals surface area contributed by atoms with Crippen molar-refractivity contribution in [1.29, 1.82) is 0 Å². The maximum atomic E-state index is 12.5. The summed E-state index contributed by atoms with van der Waals surface area (Å²) in [5, 5.41) is 0.817. The van der Waals surface area contributed by atoms with Gasteiger partial charge in [-0.15, -0.1) is 0 Å². The van der Waals surface area contributed by atoms with Gasteiger partial charge >= 0.3 is 5.97 Å². The first-order valence-electron chi connectivity index (χ1n) is 11.5. The number of hydrogen-bond acceptors (Lipinski definition) is 2. The van der Waals surface area contributed by atoms with E-state index in [-0.39, 0.29) is 5.97 Å². The van der Waals surface area contributed by atoms with Gasteiger partial charge in [0, 0.05) is 5.02 Å². The average molecular weight is 421 g/mol. The van der Waals surface area contributed by atoms with E-state index in [0.717, 1.165) is 54.0 Å². The summed E-state index contributed by atoms with van der Waals surface area (Å²) in [6.45, 7) is 6.36. The quantitative estimate of drug-likeness (QED) is 0.161. The number of benzene rings is 1. The smallest absolute Gasteiger partial charge is 0.361 e. The molecule has 1 saturated heterocycles. The molecule has 162 valence electrons. The van der Waals surface area contributed by atoms with Crippen molar-refractivity contribution in [3.8, 4) is 0 Å². The number of likely N-dealkylation sites (tertiary alicyclic amines) is 1. The number of esters is 1. The van der Waals surface area contributed by atoms with E-state index in [9.17, 15) is 4.79 Å². The van der Waals surface area contributed by atoms with Gasteiger partial charge in [0.2, 0.25) is 0 Å². The summed E-state index contributed by atoms with van der Waals surface area (Å²) < 4.78 is 6.41. The maximum Gasteiger partial charge on any atom is 0.361 e. The Morgan fingerprint density at radius 2 is 1.76 bits per heavy atom. The Morgan fingerprint density at radius 1 is 1.03 bits per heavy atom. The molecule has 0 aromatic heterocycles. The van der Waals surface area contributed by atoms with E-state index in [4.69, 9.17) is 16.3 Å². The second-order valence-corrected chi connectivity index (χ2v) is 8.85. The molecule has 1 fully saturated rings. The molecule has 0 radical (unpaired) electrons. The lowest BCUT2D eigenvalue weighted by molar-refractivity contribution is -0.920. The highest BCUT2D eigenvalue weighted by Gasteiger charge is 2.32. The molecule has 1 aliphatic rings. The summed E-state index contributed by atoms with van der Waals surface area (Å²) >= 11 is 6.24. The zero-order valence-corrected chi connectivity index (χ0v) is 19.0. The van der Waals surface area contributed by atoms with Crippen molar-refractivity contribution in [2.75, 3.05) is 32.8 Å². The van der Waals surface area contributed by atoms with Gasteiger partial charge in [0.1, 0.15) is 0 Å². The Hall–Kier alpha value is -1.32. The Labute approximate surface area is 182 Å². The fraction of sp³-hybridized carbons (Fsp3) is 0.640. The van der Waals surface area contributed by atoms with Crippen molar-refractivity contribution >= 4 is 17.6 Å². The fourth-order valence-corrected chi connectivity index (χ4v) is 4.36. The zero-order valence-electron chi connectivity index (χ0n) is 18.2. The van der Waals surface area contributed by atoms with Crippen molar-refractivity contribution in [3.05, 3.63) is 47.0 Å². The van der Waals surface area contributed by atoms with Crippen LogP contribution < -0.4 is 0 Å². The first-order valence-corrected chi connectivity index (χ1v) is 11.9. The maximum absolute atomic E-state index is 12.5. The van der Waals surface area contributed by atoms with Gasteiger partial charge in [0.15, 0.2) is 6.54 Å². The average Bonchev–Trinajstić information content (AvgIpc) is 2.72. The van der Waals surface area contributed by atoms with Crippen LogP contribution in [0.3, 0.4) is 0 Å². The van der Waals surface area contributed by atoms with Gasteiger partial charge in [-0.2, -0.15) is 0 Å². The van der Waals surface area contributed by atoms with Crippen molar-refractivity contribution in [2.45, 2.75) is 71.1 Å². The molecule has 0 aliphatic carbocycles. The summed E-state index contributed by atoms with van der Waals surface area (Å²) in [6, 6.07) is 7.98. The number of piperidine rings is 1. The Kier molecular flexibility index (Phi) is 11.4. The van der Waals surface area contributed by atoms with E-state index in [1.807, 2.05) is 18.2 Å². The molecule has 0 N–H and O–H groups in total. The lowest BCUT2D eigenvalue weighted by atomic mass is 10.1. The second-order valence-electron chi connectivity index (χ2n) is 8.45. The van der Waals surface area contributed by atoms with Crippen LogP contribution in [0.4, 0.5) is 0 Å². The predicted octanol–water partition coefficient (Wildman–Crippen LogP) is 6.34. The highest BCUT2D eigenvalue weighted by Crippen LogP contribution is 2.20. The van der Waals surface area contributed by atoms with Crippen molar-refractivity contribution in [1.82, 2.24) is 0 Å². The normalized spacial score (nSPS) is 16.2. The van der Waals surface area contributed by atoms with Gasteiger partial charge in [-0.1, -0.05) is 74.9 Å². The third-order valence-electron chi connectivity index (χ3n) is 5.95. The number of ether oxygens (including phenoxy) is 1. The van der Waals surface area contributed by atoms with Crippen LogP contribution in [0.1, 0.15) is 70.3 Å². The predicted molar refractivity (Wildman–Crippen MR) is 122 cm³/mol. The standard InChI is InChI=1S/C25H39ClNO2/c1-2-3-4-5-6-14-21-29-25(28)22-27(18-11-7-12-19-27)20-13-10-16-23-15-8-9-17-24(23)26/h8-10,13,15,17H,2-7,11-12,14,16,18-22H2,1H3/q+1/b13-10+. The highest BCUT2D eigenvalue weighted by atomic mass is 35.5. The van der Waals surface area contributed by atoms with Gasteiger partial charge in [-0.05, 0) is 49.8 Å². The molecule has 1 aromatic carbocycles. The van der Waals surface area contributed by atoms with Gasteiger partial charge in [-0.3, -0.25) is 0 Å². The molecule has 0 atom stereocenters. The van der Waals surface area contributed by atoms with Crippen molar-refractivity contribution in [3.63, 3.8) is 0 Å². The first kappa shape index (κ1) is 24.0. The van der Waals surface area contributed by atoms with Crippen molar-refractivity contribution < 1.29 is 14.0 Å². The molecular weight excluding hydrogens is 382 g/mol. The summed E-state index contributed by atoms with van der Waals surface area (Å²) in [5.41, 5.74) is 1.15. The Balaban J connectivity index is 1.76. The number of rotatable bonds is 13. The number of quaternary nitrogens is 1. The van der Waals surface area contributed by atoms with Crippen LogP contribution in [-0.2, 0) is 16.0 Å². The molecule has 0 amide bonds. The number of carbonyl (C=O) groups excluding carboxylic acids is 1. The third kappa shape index (κ3) is 9.35. The minimum Gasteiger partial charge on any atom is -0.462 e. The molecule has 0 spiro atoms. The topological polar surface area (TPSA) is 26.3 Å². The monoisotopic (exact) mass is 420 g/mol. The summed E-state index contributed by atoms with van der Waals surface area (Å²) in [4.78, 5) is 12.5. The minimum atomic E-state index is -0.0278. The van der Waals surface area contributed by atoms with E-state index in [1.54, 1.807) is 0 Å². The van der Waals surface area contributed by atoms with Gasteiger partial charge in [0.25, 0.3) is 0 Å². The molecule has 4 heteroatoms. The van der Waals surface area contributed by atoms with E-state index >= 15 is 0 Å². The number of allylic oxidation sites excluding steroid dienone is 1. The third-order valence-corrected chi connectivity index (χ3v) is 6.31. The summed E-state index contributed by atoms with van der Waals surface area (Å²) in [5.74, 6) is -0.0278. The Morgan fingerprint density at radius 3 is 2.52 bits per heavy atom. The van der Waals surface area contributed by atoms with Crippen LogP contribution in [0, 0.1) is 0 Å². The van der Waals surface area contributed by atoms with E-state index in [0.29, 0.717) is 13.2 Å². The molecule has 1 heterocycles. The van der Waals surface area contributed by atoms with Crippen LogP contribution in [0.2, 0.25) is 5.02 Å². The van der Waals surface area contributed by atoms with Crippen molar-refractivity contribution in [2.24, 2.45) is 0 Å². The van der Waals surface area contributed by atoms with E-state index in [2.05, 4.69) is 25.1 Å². The lowest BCUT2D eigenvalue weighted by Gasteiger charge is -2.39. The van der Waals surface area contributed by atoms with Crippen LogP contribution in [-0.4, -0.2) is 43.2 Å². The molecule has 0 saturated carbocycles. The second kappa shape index (κ2) is 13.8. The number of carbonyl (C=O) groups is 1. The minimum absolute atomic E-state index is 0.0278. The van der Waals surface area contributed by atoms with Crippen LogP contribution >= 0.6 is 11.6 Å². The number of nitrogens with zero attached hydrogens (tertiary/aromatic N) is 1. The fourth-order valence-electron chi connectivity index (χ4n) is 4.15.